The quantitative estimate of drug-likeness (QED) is 0.828. The summed E-state index contributed by atoms with van der Waals surface area (Å²) in [6.45, 7) is 2.11. The molecule has 0 unspecified atom stereocenters. The molecule has 0 N–H and O–H groups in total. The number of carbonyl (C=O) groups is 1. The molecule has 1 aromatic rings. The van der Waals surface area contributed by atoms with E-state index in [1.54, 1.807) is 26.1 Å². The zero-order valence-electron chi connectivity index (χ0n) is 12.9. The summed E-state index contributed by atoms with van der Waals surface area (Å²) >= 11 is 0. The molecule has 1 atom stereocenters. The molecule has 7 heteroatoms. The number of amides is 2. The molecule has 0 aromatic carbocycles. The summed E-state index contributed by atoms with van der Waals surface area (Å²) in [5.41, 5.74) is 2.07. The van der Waals surface area contributed by atoms with Crippen molar-refractivity contribution in [1.29, 1.82) is 0 Å². The van der Waals surface area contributed by atoms with Crippen LogP contribution in [-0.4, -0.2) is 65.2 Å². The van der Waals surface area contributed by atoms with Gasteiger partial charge in [-0.15, -0.1) is 5.10 Å². The Bertz CT molecular complexity index is 523. The van der Waals surface area contributed by atoms with Gasteiger partial charge in [-0.2, -0.15) is 0 Å². The Kier molecular flexibility index (Phi) is 3.84. The second-order valence-electron chi connectivity index (χ2n) is 6.14. The Morgan fingerprint density at radius 2 is 2.19 bits per heavy atom. The lowest BCUT2D eigenvalue weighted by atomic mass is 10.0. The number of hydrogen-bond acceptors (Lipinski definition) is 4. The third-order valence-electron chi connectivity index (χ3n) is 4.23. The minimum atomic E-state index is -0.137. The highest BCUT2D eigenvalue weighted by molar-refractivity contribution is 5.74. The van der Waals surface area contributed by atoms with Gasteiger partial charge in [-0.1, -0.05) is 5.21 Å². The van der Waals surface area contributed by atoms with E-state index in [9.17, 15) is 4.79 Å². The van der Waals surface area contributed by atoms with Crippen LogP contribution in [0.15, 0.2) is 0 Å². The van der Waals surface area contributed by atoms with Gasteiger partial charge in [-0.05, 0) is 18.8 Å². The smallest absolute Gasteiger partial charge is 0.320 e. The Morgan fingerprint density at radius 3 is 2.81 bits per heavy atom. The maximum absolute atomic E-state index is 12.3. The Morgan fingerprint density at radius 1 is 1.43 bits per heavy atom. The summed E-state index contributed by atoms with van der Waals surface area (Å²) in [4.78, 5) is 15.8. The Balaban J connectivity index is 1.86. The van der Waals surface area contributed by atoms with Crippen molar-refractivity contribution >= 4 is 6.03 Å². The molecule has 1 aliphatic heterocycles. The number of methoxy groups -OCH3 is 1. The molecule has 3 rings (SSSR count). The zero-order chi connectivity index (χ0) is 15.0. The van der Waals surface area contributed by atoms with Gasteiger partial charge in [0.05, 0.1) is 12.3 Å². The number of hydrogen-bond donors (Lipinski definition) is 0. The average Bonchev–Trinajstić information content (AvgIpc) is 3.18. The zero-order valence-corrected chi connectivity index (χ0v) is 12.9. The number of fused-ring (bicyclic) bond motifs is 1. The van der Waals surface area contributed by atoms with Crippen molar-refractivity contribution in [3.05, 3.63) is 11.4 Å². The van der Waals surface area contributed by atoms with Crippen LogP contribution in [0.3, 0.4) is 0 Å². The molecule has 2 aliphatic rings. The number of nitrogens with zero attached hydrogens (tertiary/aromatic N) is 5. The lowest BCUT2D eigenvalue weighted by molar-refractivity contribution is 0.0849. The number of rotatable bonds is 4. The van der Waals surface area contributed by atoms with Crippen molar-refractivity contribution in [1.82, 2.24) is 24.8 Å². The van der Waals surface area contributed by atoms with Crippen molar-refractivity contribution < 1.29 is 9.53 Å². The molecule has 2 heterocycles. The van der Waals surface area contributed by atoms with E-state index in [0.29, 0.717) is 13.2 Å². The summed E-state index contributed by atoms with van der Waals surface area (Å²) in [5, 5.41) is 8.66. The van der Waals surface area contributed by atoms with Gasteiger partial charge in [0.1, 0.15) is 11.7 Å². The third kappa shape index (κ3) is 2.74. The average molecular weight is 293 g/mol. The fourth-order valence-electron chi connectivity index (χ4n) is 2.90. The molecule has 1 aromatic heterocycles. The topological polar surface area (TPSA) is 63.5 Å². The van der Waals surface area contributed by atoms with E-state index < -0.39 is 0 Å². The normalized spacial score (nSPS) is 21.3. The van der Waals surface area contributed by atoms with Crippen LogP contribution >= 0.6 is 0 Å². The monoisotopic (exact) mass is 293 g/mol. The SMILES string of the molecule is COC[C@@H]1c2nnn(CC3CC3)c2CCN1C(=O)N(C)C. The summed E-state index contributed by atoms with van der Waals surface area (Å²) in [6.07, 6.45) is 3.40. The molecular weight excluding hydrogens is 270 g/mol. The van der Waals surface area contributed by atoms with E-state index in [-0.39, 0.29) is 12.1 Å². The first kappa shape index (κ1) is 14.3. The van der Waals surface area contributed by atoms with Gasteiger partial charge in [0, 0.05) is 40.7 Å². The maximum Gasteiger partial charge on any atom is 0.320 e. The van der Waals surface area contributed by atoms with Crippen molar-refractivity contribution in [3.63, 3.8) is 0 Å². The fourth-order valence-corrected chi connectivity index (χ4v) is 2.90. The first-order valence-electron chi connectivity index (χ1n) is 7.51. The largest absolute Gasteiger partial charge is 0.382 e. The second kappa shape index (κ2) is 5.63. The molecule has 0 bridgehead atoms. The molecule has 1 fully saturated rings. The minimum absolute atomic E-state index is 0.000516. The first-order chi connectivity index (χ1) is 10.1. The third-order valence-corrected chi connectivity index (χ3v) is 4.23. The lowest BCUT2D eigenvalue weighted by Gasteiger charge is -2.36. The summed E-state index contributed by atoms with van der Waals surface area (Å²) < 4.78 is 7.35. The van der Waals surface area contributed by atoms with Gasteiger partial charge in [0.2, 0.25) is 0 Å². The summed E-state index contributed by atoms with van der Waals surface area (Å²) in [5.74, 6) is 0.762. The second-order valence-corrected chi connectivity index (χ2v) is 6.14. The maximum atomic E-state index is 12.3. The van der Waals surface area contributed by atoms with E-state index >= 15 is 0 Å². The summed E-state index contributed by atoms with van der Waals surface area (Å²) in [6, 6.07) is -0.138. The van der Waals surface area contributed by atoms with Crippen molar-refractivity contribution in [2.45, 2.75) is 31.8 Å². The predicted octanol–water partition coefficient (Wildman–Crippen LogP) is 0.915. The molecular formula is C14H23N5O2. The fraction of sp³-hybridized carbons (Fsp3) is 0.786. The molecule has 2 amide bonds. The first-order valence-corrected chi connectivity index (χ1v) is 7.51. The van der Waals surface area contributed by atoms with Gasteiger partial charge < -0.3 is 14.5 Å². The molecule has 0 radical (unpaired) electrons. The molecule has 1 aliphatic carbocycles. The van der Waals surface area contributed by atoms with Gasteiger partial charge in [0.25, 0.3) is 0 Å². The Hall–Kier alpha value is -1.63. The number of ether oxygens (including phenoxy) is 1. The standard InChI is InChI=1S/C14H23N5O2/c1-17(2)14(20)18-7-6-11-13(12(18)9-21-3)15-16-19(11)8-10-4-5-10/h10,12H,4-9H2,1-3H3/t12-/m1/s1. The predicted molar refractivity (Wildman–Crippen MR) is 76.9 cm³/mol. The van der Waals surface area contributed by atoms with Crippen LogP contribution in [0, 0.1) is 5.92 Å². The van der Waals surface area contributed by atoms with Crippen LogP contribution in [0.5, 0.6) is 0 Å². The van der Waals surface area contributed by atoms with Crippen molar-refractivity contribution in [3.8, 4) is 0 Å². The molecule has 1 saturated carbocycles. The van der Waals surface area contributed by atoms with E-state index in [2.05, 4.69) is 10.3 Å². The van der Waals surface area contributed by atoms with Gasteiger partial charge in [-0.25, -0.2) is 9.48 Å². The molecule has 21 heavy (non-hydrogen) atoms. The highest BCUT2D eigenvalue weighted by Crippen LogP contribution is 2.33. The van der Waals surface area contributed by atoms with E-state index in [0.717, 1.165) is 24.6 Å². The van der Waals surface area contributed by atoms with Gasteiger partial charge in [0.15, 0.2) is 0 Å². The van der Waals surface area contributed by atoms with Crippen LogP contribution in [0.4, 0.5) is 4.79 Å². The lowest BCUT2D eigenvalue weighted by Crippen LogP contribution is -2.46. The summed E-state index contributed by atoms with van der Waals surface area (Å²) in [7, 11) is 5.19. The number of urea groups is 1. The van der Waals surface area contributed by atoms with E-state index in [1.807, 2.05) is 9.58 Å². The van der Waals surface area contributed by atoms with E-state index in [1.165, 1.54) is 18.5 Å². The molecule has 0 saturated heterocycles. The number of carbonyl (C=O) groups excluding carboxylic acids is 1. The molecule has 116 valence electrons. The highest BCUT2D eigenvalue weighted by Gasteiger charge is 2.36. The Labute approximate surface area is 124 Å². The van der Waals surface area contributed by atoms with Crippen molar-refractivity contribution in [2.75, 3.05) is 34.4 Å². The van der Waals surface area contributed by atoms with Crippen LogP contribution in [0.25, 0.3) is 0 Å². The highest BCUT2D eigenvalue weighted by atomic mass is 16.5. The number of aromatic nitrogens is 3. The van der Waals surface area contributed by atoms with Crippen LogP contribution in [-0.2, 0) is 17.7 Å². The van der Waals surface area contributed by atoms with Gasteiger partial charge >= 0.3 is 6.03 Å². The van der Waals surface area contributed by atoms with Crippen LogP contribution in [0.2, 0.25) is 0 Å². The molecule has 0 spiro atoms. The molecule has 7 nitrogen and oxygen atoms in total. The minimum Gasteiger partial charge on any atom is -0.382 e. The van der Waals surface area contributed by atoms with Crippen molar-refractivity contribution in [2.24, 2.45) is 5.92 Å². The van der Waals surface area contributed by atoms with Crippen LogP contribution < -0.4 is 0 Å². The van der Waals surface area contributed by atoms with Crippen LogP contribution in [0.1, 0.15) is 30.3 Å². The van der Waals surface area contributed by atoms with Gasteiger partial charge in [-0.3, -0.25) is 0 Å². The van der Waals surface area contributed by atoms with E-state index in [4.69, 9.17) is 4.74 Å².